The molecule has 8 nitrogen and oxygen atoms in total. The van der Waals surface area contributed by atoms with Gasteiger partial charge in [-0.3, -0.25) is 10.1 Å². The van der Waals surface area contributed by atoms with Gasteiger partial charge in [0.2, 0.25) is 0 Å². The third-order valence-corrected chi connectivity index (χ3v) is 5.26. The summed E-state index contributed by atoms with van der Waals surface area (Å²) in [7, 11) is 0. The van der Waals surface area contributed by atoms with Crippen LogP contribution in [0.2, 0.25) is 0 Å². The Kier molecular flexibility index (Phi) is 7.60. The first-order chi connectivity index (χ1) is 17.4. The molecule has 36 heavy (non-hydrogen) atoms. The van der Waals surface area contributed by atoms with E-state index in [4.69, 9.17) is 19.1 Å². The zero-order chi connectivity index (χ0) is 25.5. The Bertz CT molecular complexity index is 1370. The number of aromatic nitrogens is 1. The molecule has 0 aliphatic carbocycles. The number of hydrogen-bond acceptors (Lipinski definition) is 6. The maximum Gasteiger partial charge on any atom is 0.411 e. The number of ether oxygens (including phenoxy) is 2. The van der Waals surface area contributed by atoms with Gasteiger partial charge in [-0.15, -0.1) is 0 Å². The summed E-state index contributed by atoms with van der Waals surface area (Å²) >= 11 is 0. The van der Waals surface area contributed by atoms with Crippen molar-refractivity contribution in [1.82, 2.24) is 5.16 Å². The van der Waals surface area contributed by atoms with E-state index in [9.17, 15) is 14.0 Å². The second-order valence-electron chi connectivity index (χ2n) is 7.92. The molecule has 0 saturated heterocycles. The molecule has 2 N–H and O–H groups in total. The predicted octanol–water partition coefficient (Wildman–Crippen LogP) is 6.00. The number of carboxylic acid groups (broad SMARTS) is 1. The summed E-state index contributed by atoms with van der Waals surface area (Å²) in [6.45, 7) is 1.69. The van der Waals surface area contributed by atoms with Gasteiger partial charge in [-0.25, -0.2) is 9.18 Å². The fourth-order valence-electron chi connectivity index (χ4n) is 3.51. The van der Waals surface area contributed by atoms with Gasteiger partial charge in [0.25, 0.3) is 0 Å². The molecule has 3 aromatic carbocycles. The molecule has 9 heteroatoms. The molecule has 0 atom stereocenters. The summed E-state index contributed by atoms with van der Waals surface area (Å²) in [5.74, 6) is 0.117. The minimum absolute atomic E-state index is 0.00608. The summed E-state index contributed by atoms with van der Waals surface area (Å²) in [6, 6.07) is 20.1. The van der Waals surface area contributed by atoms with Crippen molar-refractivity contribution in [3.8, 4) is 22.8 Å². The monoisotopic (exact) mass is 490 g/mol. The first kappa shape index (κ1) is 24.5. The second-order valence-corrected chi connectivity index (χ2v) is 7.92. The number of hydrogen-bond donors (Lipinski definition) is 2. The fourth-order valence-corrected chi connectivity index (χ4v) is 3.51. The van der Waals surface area contributed by atoms with E-state index in [1.165, 1.54) is 6.07 Å². The van der Waals surface area contributed by atoms with Crippen molar-refractivity contribution in [2.75, 3.05) is 11.9 Å². The summed E-state index contributed by atoms with van der Waals surface area (Å²) in [4.78, 5) is 23.2. The van der Waals surface area contributed by atoms with Crippen molar-refractivity contribution in [1.29, 1.82) is 0 Å². The van der Waals surface area contributed by atoms with Crippen molar-refractivity contribution >= 4 is 17.7 Å². The quantitative estimate of drug-likeness (QED) is 0.296. The standard InChI is InChI=1S/C27H23FN2O6/c1-17-25(29-27(33)34-14-13-19-6-2-3-8-23(19)28)26(36-30-17)20-9-11-21(12-10-20)35-22-7-4-5-18(15-22)16-24(31)32/h2-12,15H,13-14,16H2,1H3,(H,29,33)(H,31,32). The molecule has 0 aliphatic heterocycles. The van der Waals surface area contributed by atoms with E-state index < -0.39 is 12.1 Å². The average Bonchev–Trinajstić information content (AvgIpc) is 3.20. The molecule has 1 heterocycles. The molecule has 4 aromatic rings. The number of nitrogens with one attached hydrogen (secondary N) is 1. The summed E-state index contributed by atoms with van der Waals surface area (Å²) in [5, 5.41) is 15.5. The van der Waals surface area contributed by atoms with E-state index in [2.05, 4.69) is 10.5 Å². The zero-order valence-corrected chi connectivity index (χ0v) is 19.4. The highest BCUT2D eigenvalue weighted by atomic mass is 19.1. The highest BCUT2D eigenvalue weighted by Crippen LogP contribution is 2.33. The first-order valence-electron chi connectivity index (χ1n) is 11.1. The number of carbonyl (C=O) groups excluding carboxylic acids is 1. The number of aryl methyl sites for hydroxylation is 1. The van der Waals surface area contributed by atoms with Crippen LogP contribution in [0.1, 0.15) is 16.8 Å². The van der Waals surface area contributed by atoms with E-state index in [0.717, 1.165) is 0 Å². The number of amides is 1. The van der Waals surface area contributed by atoms with Gasteiger partial charge in [-0.2, -0.15) is 0 Å². The molecular formula is C27H23FN2O6. The Morgan fingerprint density at radius 2 is 1.81 bits per heavy atom. The van der Waals surface area contributed by atoms with Crippen LogP contribution in [-0.2, 0) is 22.4 Å². The summed E-state index contributed by atoms with van der Waals surface area (Å²) < 4.78 is 30.2. The maximum absolute atomic E-state index is 13.7. The Balaban J connectivity index is 1.39. The van der Waals surface area contributed by atoms with Crippen molar-refractivity contribution in [2.24, 2.45) is 0 Å². The zero-order valence-electron chi connectivity index (χ0n) is 19.4. The van der Waals surface area contributed by atoms with E-state index in [1.54, 1.807) is 73.7 Å². The molecule has 0 radical (unpaired) electrons. The van der Waals surface area contributed by atoms with Crippen LogP contribution in [0.5, 0.6) is 11.5 Å². The van der Waals surface area contributed by atoms with E-state index >= 15 is 0 Å². The smallest absolute Gasteiger partial charge is 0.411 e. The van der Waals surface area contributed by atoms with Gasteiger partial charge in [0.1, 0.15) is 28.7 Å². The van der Waals surface area contributed by atoms with Gasteiger partial charge in [0, 0.05) is 12.0 Å². The average molecular weight is 490 g/mol. The molecule has 0 fully saturated rings. The van der Waals surface area contributed by atoms with Crippen molar-refractivity contribution in [3.63, 3.8) is 0 Å². The lowest BCUT2D eigenvalue weighted by molar-refractivity contribution is -0.136. The Hall–Kier alpha value is -4.66. The van der Waals surface area contributed by atoms with Crippen LogP contribution in [-0.4, -0.2) is 28.9 Å². The lowest BCUT2D eigenvalue weighted by Crippen LogP contribution is -2.16. The molecule has 0 aliphatic rings. The second kappa shape index (κ2) is 11.2. The van der Waals surface area contributed by atoms with Gasteiger partial charge in [0.05, 0.1) is 13.0 Å². The number of halogens is 1. The van der Waals surface area contributed by atoms with Gasteiger partial charge < -0.3 is 19.1 Å². The molecule has 1 amide bonds. The highest BCUT2D eigenvalue weighted by Gasteiger charge is 2.18. The van der Waals surface area contributed by atoms with Crippen LogP contribution in [0.15, 0.2) is 77.3 Å². The third kappa shape index (κ3) is 6.26. The van der Waals surface area contributed by atoms with Crippen molar-refractivity contribution in [3.05, 3.63) is 95.4 Å². The number of carbonyl (C=O) groups is 2. The Morgan fingerprint density at radius 3 is 2.56 bits per heavy atom. The molecule has 0 bridgehead atoms. The van der Waals surface area contributed by atoms with Gasteiger partial charge in [-0.05, 0) is 60.5 Å². The van der Waals surface area contributed by atoms with Crippen LogP contribution in [0.25, 0.3) is 11.3 Å². The minimum atomic E-state index is -0.919. The number of aliphatic carboxylic acids is 1. The van der Waals surface area contributed by atoms with Crippen LogP contribution in [0, 0.1) is 12.7 Å². The Labute approximate surface area is 206 Å². The van der Waals surface area contributed by atoms with E-state index in [1.807, 2.05) is 0 Å². The maximum atomic E-state index is 13.7. The van der Waals surface area contributed by atoms with Gasteiger partial charge >= 0.3 is 12.1 Å². The molecule has 1 aromatic heterocycles. The van der Waals surface area contributed by atoms with Crippen molar-refractivity contribution in [2.45, 2.75) is 19.8 Å². The number of anilines is 1. The van der Waals surface area contributed by atoms with Crippen LogP contribution in [0.3, 0.4) is 0 Å². The van der Waals surface area contributed by atoms with Crippen molar-refractivity contribution < 1.29 is 33.1 Å². The normalized spacial score (nSPS) is 10.6. The molecule has 0 spiro atoms. The SMILES string of the molecule is Cc1noc(-c2ccc(Oc3cccc(CC(=O)O)c3)cc2)c1NC(=O)OCCc1ccccc1F. The molecular weight excluding hydrogens is 467 g/mol. The first-order valence-corrected chi connectivity index (χ1v) is 11.1. The highest BCUT2D eigenvalue weighted by molar-refractivity contribution is 5.90. The fraction of sp³-hybridized carbons (Fsp3) is 0.148. The Morgan fingerprint density at radius 1 is 1.03 bits per heavy atom. The summed E-state index contributed by atoms with van der Waals surface area (Å²) in [6.07, 6.45) is -0.557. The van der Waals surface area contributed by atoms with Crippen LogP contribution < -0.4 is 10.1 Å². The number of carboxylic acids is 1. The third-order valence-electron chi connectivity index (χ3n) is 5.26. The topological polar surface area (TPSA) is 111 Å². The number of nitrogens with zero attached hydrogens (tertiary/aromatic N) is 1. The lowest BCUT2D eigenvalue weighted by atomic mass is 10.1. The molecule has 0 saturated carbocycles. The minimum Gasteiger partial charge on any atom is -0.481 e. The van der Waals surface area contributed by atoms with Crippen LogP contribution in [0.4, 0.5) is 14.9 Å². The van der Waals surface area contributed by atoms with E-state index in [-0.39, 0.29) is 25.3 Å². The lowest BCUT2D eigenvalue weighted by Gasteiger charge is -2.09. The predicted molar refractivity (Wildman–Crippen MR) is 130 cm³/mol. The largest absolute Gasteiger partial charge is 0.481 e. The summed E-state index contributed by atoms with van der Waals surface area (Å²) in [5.41, 5.74) is 2.56. The molecule has 0 unspecified atom stereocenters. The van der Waals surface area contributed by atoms with E-state index in [0.29, 0.717) is 45.3 Å². The molecule has 4 rings (SSSR count). The molecule has 184 valence electrons. The number of benzene rings is 3. The number of rotatable bonds is 9. The van der Waals surface area contributed by atoms with Gasteiger partial charge in [0.15, 0.2) is 5.76 Å². The van der Waals surface area contributed by atoms with Gasteiger partial charge in [-0.1, -0.05) is 35.5 Å². The van der Waals surface area contributed by atoms with Crippen LogP contribution >= 0.6 is 0 Å².